The number of aromatic nitrogens is 2. The van der Waals surface area contributed by atoms with Crippen LogP contribution in [-0.4, -0.2) is 34.1 Å². The summed E-state index contributed by atoms with van der Waals surface area (Å²) in [5, 5.41) is 16.8. The Kier molecular flexibility index (Phi) is 2.16. The second-order valence-corrected chi connectivity index (χ2v) is 3.24. The zero-order valence-corrected chi connectivity index (χ0v) is 7.57. The summed E-state index contributed by atoms with van der Waals surface area (Å²) in [5.74, 6) is 0. The Bertz CT molecular complexity index is 329. The number of hydrogen-bond acceptors (Lipinski definition) is 3. The Morgan fingerprint density at radius 3 is 3.15 bits per heavy atom. The van der Waals surface area contributed by atoms with Gasteiger partial charge >= 0.3 is 0 Å². The fourth-order valence-electron chi connectivity index (χ4n) is 1.53. The Morgan fingerprint density at radius 1 is 1.69 bits per heavy atom. The highest BCUT2D eigenvalue weighted by molar-refractivity contribution is 5.68. The molecular formula is C9H13N3O. The number of hydrogen-bond donors (Lipinski definition) is 2. The zero-order valence-electron chi connectivity index (χ0n) is 7.57. The van der Waals surface area contributed by atoms with E-state index in [-0.39, 0.29) is 0 Å². The minimum atomic E-state index is -0.405. The Labute approximate surface area is 76.9 Å². The molecule has 4 nitrogen and oxygen atoms in total. The second kappa shape index (κ2) is 3.32. The summed E-state index contributed by atoms with van der Waals surface area (Å²) < 4.78 is 1.74. The maximum Gasteiger partial charge on any atom is 0.0918 e. The summed E-state index contributed by atoms with van der Waals surface area (Å²) in [5.41, 5.74) is 1.99. The summed E-state index contributed by atoms with van der Waals surface area (Å²) in [6, 6.07) is 0. The van der Waals surface area contributed by atoms with Gasteiger partial charge in [0.2, 0.25) is 0 Å². The second-order valence-electron chi connectivity index (χ2n) is 3.24. The lowest BCUT2D eigenvalue weighted by molar-refractivity contribution is 0.225. The van der Waals surface area contributed by atoms with Crippen LogP contribution in [0.4, 0.5) is 0 Å². The van der Waals surface area contributed by atoms with Gasteiger partial charge in [-0.05, 0) is 5.57 Å². The lowest BCUT2D eigenvalue weighted by atomic mass is 10.0. The minimum Gasteiger partial charge on any atom is -0.387 e. The molecule has 2 N–H and O–H groups in total. The summed E-state index contributed by atoms with van der Waals surface area (Å²) in [7, 11) is 1.87. The lowest BCUT2D eigenvalue weighted by Gasteiger charge is -2.19. The molecular weight excluding hydrogens is 166 g/mol. The van der Waals surface area contributed by atoms with Crippen molar-refractivity contribution in [1.29, 1.82) is 0 Å². The minimum absolute atomic E-state index is 0.405. The van der Waals surface area contributed by atoms with E-state index in [1.807, 2.05) is 19.3 Å². The third kappa shape index (κ3) is 1.64. The molecule has 0 fully saturated rings. The van der Waals surface area contributed by atoms with Crippen molar-refractivity contribution in [3.8, 4) is 0 Å². The van der Waals surface area contributed by atoms with Gasteiger partial charge in [-0.25, -0.2) is 0 Å². The SMILES string of the molecule is Cn1cc(C2=CCNC[C@@H]2O)cn1. The first-order valence-corrected chi connectivity index (χ1v) is 4.35. The average Bonchev–Trinajstić information content (AvgIpc) is 2.53. The molecule has 0 aromatic carbocycles. The quantitative estimate of drug-likeness (QED) is 0.626. The predicted octanol–water partition coefficient (Wildman–Crippen LogP) is -0.232. The van der Waals surface area contributed by atoms with Crippen LogP contribution in [0.15, 0.2) is 18.5 Å². The summed E-state index contributed by atoms with van der Waals surface area (Å²) in [4.78, 5) is 0. The van der Waals surface area contributed by atoms with Crippen LogP contribution in [0, 0.1) is 0 Å². The number of aliphatic hydroxyl groups excluding tert-OH is 1. The maximum atomic E-state index is 9.66. The molecule has 0 radical (unpaired) electrons. The summed E-state index contributed by atoms with van der Waals surface area (Å²) in [6.45, 7) is 1.45. The van der Waals surface area contributed by atoms with Crippen LogP contribution >= 0.6 is 0 Å². The average molecular weight is 179 g/mol. The highest BCUT2D eigenvalue weighted by Crippen LogP contribution is 2.18. The molecule has 0 bridgehead atoms. The van der Waals surface area contributed by atoms with Crippen LogP contribution in [0.25, 0.3) is 5.57 Å². The molecule has 1 atom stereocenters. The predicted molar refractivity (Wildman–Crippen MR) is 50.1 cm³/mol. The van der Waals surface area contributed by atoms with Gasteiger partial charge in [-0.3, -0.25) is 4.68 Å². The van der Waals surface area contributed by atoms with E-state index in [9.17, 15) is 5.11 Å². The maximum absolute atomic E-state index is 9.66. The molecule has 0 amide bonds. The summed E-state index contributed by atoms with van der Waals surface area (Å²) in [6.07, 6.45) is 5.30. The molecule has 2 rings (SSSR count). The third-order valence-corrected chi connectivity index (χ3v) is 2.20. The number of aliphatic hydroxyl groups is 1. The lowest BCUT2D eigenvalue weighted by Crippen LogP contribution is -2.32. The molecule has 0 saturated heterocycles. The van der Waals surface area contributed by atoms with Gasteiger partial charge in [0.05, 0.1) is 12.3 Å². The van der Waals surface area contributed by atoms with E-state index < -0.39 is 6.10 Å². The van der Waals surface area contributed by atoms with Gasteiger partial charge in [-0.2, -0.15) is 5.10 Å². The number of β-amino-alcohol motifs (C(OH)–C–C–N with tert-alkyl or cyclic N) is 1. The van der Waals surface area contributed by atoms with Crippen LogP contribution in [-0.2, 0) is 7.05 Å². The first-order chi connectivity index (χ1) is 6.27. The van der Waals surface area contributed by atoms with Crippen LogP contribution < -0.4 is 5.32 Å². The first-order valence-electron chi connectivity index (χ1n) is 4.35. The van der Waals surface area contributed by atoms with Gasteiger partial charge < -0.3 is 10.4 Å². The topological polar surface area (TPSA) is 50.1 Å². The number of nitrogens with zero attached hydrogens (tertiary/aromatic N) is 2. The standard InChI is InChI=1S/C9H13N3O/c1-12-6-7(4-11-12)8-2-3-10-5-9(8)13/h2,4,6,9-10,13H,3,5H2,1H3/t9-/m0/s1. The number of aryl methyl sites for hydroxylation is 1. The van der Waals surface area contributed by atoms with Crippen LogP contribution in [0.2, 0.25) is 0 Å². The van der Waals surface area contributed by atoms with Crippen molar-refractivity contribution in [2.45, 2.75) is 6.10 Å². The van der Waals surface area contributed by atoms with Crippen molar-refractivity contribution < 1.29 is 5.11 Å². The molecule has 13 heavy (non-hydrogen) atoms. The smallest absolute Gasteiger partial charge is 0.0918 e. The van der Waals surface area contributed by atoms with Gasteiger partial charge in [-0.15, -0.1) is 0 Å². The van der Waals surface area contributed by atoms with Crippen LogP contribution in [0.1, 0.15) is 5.56 Å². The first kappa shape index (κ1) is 8.47. The normalized spacial score (nSPS) is 22.9. The molecule has 0 saturated carbocycles. The van der Waals surface area contributed by atoms with Crippen molar-refractivity contribution in [3.05, 3.63) is 24.0 Å². The summed E-state index contributed by atoms with van der Waals surface area (Å²) >= 11 is 0. The molecule has 1 aromatic heterocycles. The monoisotopic (exact) mass is 179 g/mol. The highest BCUT2D eigenvalue weighted by Gasteiger charge is 2.16. The molecule has 1 aliphatic rings. The van der Waals surface area contributed by atoms with E-state index in [1.165, 1.54) is 0 Å². The van der Waals surface area contributed by atoms with Crippen LogP contribution in [0.3, 0.4) is 0 Å². The Balaban J connectivity index is 2.29. The molecule has 2 heterocycles. The molecule has 0 aliphatic carbocycles. The third-order valence-electron chi connectivity index (χ3n) is 2.20. The van der Waals surface area contributed by atoms with Crippen LogP contribution in [0.5, 0.6) is 0 Å². The van der Waals surface area contributed by atoms with Gasteiger partial charge in [0, 0.05) is 31.9 Å². The van der Waals surface area contributed by atoms with E-state index in [4.69, 9.17) is 0 Å². The zero-order chi connectivity index (χ0) is 9.26. The van der Waals surface area contributed by atoms with Gasteiger partial charge in [-0.1, -0.05) is 6.08 Å². The highest BCUT2D eigenvalue weighted by atomic mass is 16.3. The molecule has 70 valence electrons. The number of rotatable bonds is 1. The van der Waals surface area contributed by atoms with Crippen molar-refractivity contribution >= 4 is 5.57 Å². The fraction of sp³-hybridized carbons (Fsp3) is 0.444. The fourth-order valence-corrected chi connectivity index (χ4v) is 1.53. The molecule has 0 unspecified atom stereocenters. The Hall–Kier alpha value is -1.13. The molecule has 4 heteroatoms. The van der Waals surface area contributed by atoms with Gasteiger partial charge in [0.15, 0.2) is 0 Å². The van der Waals surface area contributed by atoms with Crippen molar-refractivity contribution in [2.24, 2.45) is 7.05 Å². The van der Waals surface area contributed by atoms with Crippen molar-refractivity contribution in [3.63, 3.8) is 0 Å². The van der Waals surface area contributed by atoms with E-state index in [0.717, 1.165) is 17.7 Å². The Morgan fingerprint density at radius 2 is 2.54 bits per heavy atom. The molecule has 0 spiro atoms. The van der Waals surface area contributed by atoms with Gasteiger partial charge in [0.25, 0.3) is 0 Å². The van der Waals surface area contributed by atoms with E-state index in [0.29, 0.717) is 6.54 Å². The van der Waals surface area contributed by atoms with Crippen molar-refractivity contribution in [2.75, 3.05) is 13.1 Å². The van der Waals surface area contributed by atoms with Gasteiger partial charge in [0.1, 0.15) is 0 Å². The molecule has 1 aliphatic heterocycles. The van der Waals surface area contributed by atoms with Crippen molar-refractivity contribution in [1.82, 2.24) is 15.1 Å². The number of nitrogens with one attached hydrogen (secondary N) is 1. The van der Waals surface area contributed by atoms with E-state index in [1.54, 1.807) is 10.9 Å². The molecule has 1 aromatic rings. The van der Waals surface area contributed by atoms with E-state index >= 15 is 0 Å². The van der Waals surface area contributed by atoms with E-state index in [2.05, 4.69) is 10.4 Å². The largest absolute Gasteiger partial charge is 0.387 e.